The third-order valence-electron chi connectivity index (χ3n) is 4.73. The van der Waals surface area contributed by atoms with E-state index in [1.165, 1.54) is 12.5 Å². The Morgan fingerprint density at radius 3 is 2.67 bits per heavy atom. The predicted octanol–water partition coefficient (Wildman–Crippen LogP) is 3.69. The highest BCUT2D eigenvalue weighted by molar-refractivity contribution is 5.32. The van der Waals surface area contributed by atoms with Gasteiger partial charge in [-0.2, -0.15) is 0 Å². The fraction of sp³-hybridized carbons (Fsp3) is 0.647. The van der Waals surface area contributed by atoms with Crippen molar-refractivity contribution in [2.45, 2.75) is 44.2 Å². The van der Waals surface area contributed by atoms with E-state index in [-0.39, 0.29) is 17.5 Å². The Bertz CT molecular complexity index is 480. The monoisotopic (exact) mass is 295 g/mol. The molecule has 21 heavy (non-hydrogen) atoms. The topological polar surface area (TPSA) is 30.5 Å². The quantitative estimate of drug-likeness (QED) is 0.898. The molecule has 0 aromatic heterocycles. The largest absolute Gasteiger partial charge is 0.497 e. The molecule has 0 aliphatic heterocycles. The van der Waals surface area contributed by atoms with E-state index in [1.54, 1.807) is 26.4 Å². The number of benzene rings is 1. The summed E-state index contributed by atoms with van der Waals surface area (Å²) < 4.78 is 25.5. The smallest absolute Gasteiger partial charge is 0.131 e. The summed E-state index contributed by atoms with van der Waals surface area (Å²) in [4.78, 5) is 0. The van der Waals surface area contributed by atoms with Gasteiger partial charge in [-0.3, -0.25) is 0 Å². The van der Waals surface area contributed by atoms with Gasteiger partial charge in [-0.25, -0.2) is 4.39 Å². The molecule has 3 atom stereocenters. The summed E-state index contributed by atoms with van der Waals surface area (Å²) in [6.45, 7) is 2.24. The molecule has 3 nitrogen and oxygen atoms in total. The predicted molar refractivity (Wildman–Crippen MR) is 82.1 cm³/mol. The summed E-state index contributed by atoms with van der Waals surface area (Å²) in [7, 11) is 5.15. The van der Waals surface area contributed by atoms with Gasteiger partial charge in [0.1, 0.15) is 11.6 Å². The second-order valence-electron chi connectivity index (χ2n) is 6.08. The molecule has 0 spiro atoms. The van der Waals surface area contributed by atoms with Crippen molar-refractivity contribution in [2.24, 2.45) is 5.92 Å². The molecule has 0 saturated heterocycles. The molecule has 1 aliphatic rings. The average molecular weight is 295 g/mol. The first-order chi connectivity index (χ1) is 10.1. The molecular formula is C17H26FNO2. The number of hydrogen-bond donors (Lipinski definition) is 1. The number of rotatable bonds is 5. The first-order valence-corrected chi connectivity index (χ1v) is 7.62. The molecule has 4 heteroatoms. The SMILES string of the molecule is CNC(c1ccc(OC)cc1F)C1(OC)CCCC(C)C1. The molecule has 1 fully saturated rings. The normalized spacial score (nSPS) is 27.4. The lowest BCUT2D eigenvalue weighted by atomic mass is 9.72. The Hall–Kier alpha value is -1.13. The summed E-state index contributed by atoms with van der Waals surface area (Å²) in [6.07, 6.45) is 4.23. The Balaban J connectivity index is 2.37. The molecule has 0 amide bonds. The van der Waals surface area contributed by atoms with E-state index >= 15 is 0 Å². The Kier molecular flexibility index (Phi) is 5.22. The van der Waals surface area contributed by atoms with Crippen molar-refractivity contribution in [1.82, 2.24) is 5.32 Å². The number of hydrogen-bond acceptors (Lipinski definition) is 3. The van der Waals surface area contributed by atoms with Crippen molar-refractivity contribution in [3.63, 3.8) is 0 Å². The molecule has 118 valence electrons. The molecule has 1 N–H and O–H groups in total. The molecule has 0 bridgehead atoms. The van der Waals surface area contributed by atoms with Crippen LogP contribution in [-0.2, 0) is 4.74 Å². The maximum absolute atomic E-state index is 14.5. The zero-order chi connectivity index (χ0) is 15.5. The number of ether oxygens (including phenoxy) is 2. The Morgan fingerprint density at radius 2 is 2.14 bits per heavy atom. The lowest BCUT2D eigenvalue weighted by molar-refractivity contribution is -0.0797. The number of methoxy groups -OCH3 is 2. The van der Waals surface area contributed by atoms with E-state index in [0.717, 1.165) is 19.3 Å². The van der Waals surface area contributed by atoms with E-state index in [0.29, 0.717) is 17.2 Å². The minimum atomic E-state index is -0.345. The molecule has 2 rings (SSSR count). The molecule has 3 unspecified atom stereocenters. The third-order valence-corrected chi connectivity index (χ3v) is 4.73. The van der Waals surface area contributed by atoms with Crippen LogP contribution in [0.2, 0.25) is 0 Å². The highest BCUT2D eigenvalue weighted by Crippen LogP contribution is 2.43. The van der Waals surface area contributed by atoms with Crippen molar-refractivity contribution in [1.29, 1.82) is 0 Å². The summed E-state index contributed by atoms with van der Waals surface area (Å²) in [5.41, 5.74) is 0.302. The summed E-state index contributed by atoms with van der Waals surface area (Å²) in [5.74, 6) is 0.883. The van der Waals surface area contributed by atoms with Crippen LogP contribution in [0.15, 0.2) is 18.2 Å². The van der Waals surface area contributed by atoms with Crippen LogP contribution in [0, 0.1) is 11.7 Å². The summed E-state index contributed by atoms with van der Waals surface area (Å²) in [6, 6.07) is 4.89. The Labute approximate surface area is 126 Å². The van der Waals surface area contributed by atoms with Crippen LogP contribution >= 0.6 is 0 Å². The van der Waals surface area contributed by atoms with Crippen molar-refractivity contribution in [3.05, 3.63) is 29.6 Å². The minimum absolute atomic E-state index is 0.156. The highest BCUT2D eigenvalue weighted by atomic mass is 19.1. The van der Waals surface area contributed by atoms with Gasteiger partial charge < -0.3 is 14.8 Å². The molecule has 1 aromatic rings. The second-order valence-corrected chi connectivity index (χ2v) is 6.08. The maximum atomic E-state index is 14.5. The zero-order valence-electron chi connectivity index (χ0n) is 13.4. The van der Waals surface area contributed by atoms with Crippen LogP contribution in [0.1, 0.15) is 44.2 Å². The van der Waals surface area contributed by atoms with E-state index in [4.69, 9.17) is 9.47 Å². The summed E-state index contributed by atoms with van der Waals surface area (Å²) >= 11 is 0. The van der Waals surface area contributed by atoms with Gasteiger partial charge in [0, 0.05) is 18.7 Å². The number of nitrogens with one attached hydrogen (secondary N) is 1. The van der Waals surface area contributed by atoms with Crippen LogP contribution in [0.4, 0.5) is 4.39 Å². The number of likely N-dealkylation sites (N-methyl/N-ethyl adjacent to an activating group) is 1. The van der Waals surface area contributed by atoms with Crippen molar-refractivity contribution in [3.8, 4) is 5.75 Å². The van der Waals surface area contributed by atoms with E-state index in [1.807, 2.05) is 7.05 Å². The van der Waals surface area contributed by atoms with Gasteiger partial charge in [-0.05, 0) is 31.9 Å². The Morgan fingerprint density at radius 1 is 1.38 bits per heavy atom. The molecule has 1 aliphatic carbocycles. The average Bonchev–Trinajstić information content (AvgIpc) is 2.49. The van der Waals surface area contributed by atoms with Gasteiger partial charge >= 0.3 is 0 Å². The van der Waals surface area contributed by atoms with Crippen LogP contribution in [0.5, 0.6) is 5.75 Å². The van der Waals surface area contributed by atoms with Crippen LogP contribution < -0.4 is 10.1 Å². The zero-order valence-corrected chi connectivity index (χ0v) is 13.4. The fourth-order valence-corrected chi connectivity index (χ4v) is 3.68. The van der Waals surface area contributed by atoms with E-state index < -0.39 is 0 Å². The van der Waals surface area contributed by atoms with Gasteiger partial charge in [0.05, 0.1) is 18.8 Å². The first-order valence-electron chi connectivity index (χ1n) is 7.62. The van der Waals surface area contributed by atoms with Gasteiger partial charge in [0.15, 0.2) is 0 Å². The standard InChI is InChI=1S/C17H26FNO2/c1-12-6-5-9-17(11-12,21-4)16(19-2)14-8-7-13(20-3)10-15(14)18/h7-8,10,12,16,19H,5-6,9,11H2,1-4H3. The lowest BCUT2D eigenvalue weighted by Gasteiger charge is -2.44. The van der Waals surface area contributed by atoms with Crippen LogP contribution in [0.3, 0.4) is 0 Å². The van der Waals surface area contributed by atoms with Crippen molar-refractivity contribution >= 4 is 0 Å². The first kappa shape index (κ1) is 16.2. The molecular weight excluding hydrogens is 269 g/mol. The molecule has 1 aromatic carbocycles. The van der Waals surface area contributed by atoms with E-state index in [2.05, 4.69) is 12.2 Å². The van der Waals surface area contributed by atoms with E-state index in [9.17, 15) is 4.39 Å². The van der Waals surface area contributed by atoms with Gasteiger partial charge in [-0.15, -0.1) is 0 Å². The summed E-state index contributed by atoms with van der Waals surface area (Å²) in [5, 5.41) is 3.27. The second kappa shape index (κ2) is 6.75. The molecule has 0 radical (unpaired) electrons. The molecule has 0 heterocycles. The van der Waals surface area contributed by atoms with Crippen molar-refractivity contribution in [2.75, 3.05) is 21.3 Å². The molecule has 1 saturated carbocycles. The third kappa shape index (κ3) is 3.22. The van der Waals surface area contributed by atoms with Gasteiger partial charge in [0.25, 0.3) is 0 Å². The van der Waals surface area contributed by atoms with Gasteiger partial charge in [0.2, 0.25) is 0 Å². The number of halogens is 1. The van der Waals surface area contributed by atoms with Crippen LogP contribution in [0.25, 0.3) is 0 Å². The lowest BCUT2D eigenvalue weighted by Crippen LogP contribution is -2.47. The fourth-order valence-electron chi connectivity index (χ4n) is 3.68. The van der Waals surface area contributed by atoms with Crippen molar-refractivity contribution < 1.29 is 13.9 Å². The van der Waals surface area contributed by atoms with Crippen LogP contribution in [-0.4, -0.2) is 26.9 Å². The maximum Gasteiger partial charge on any atom is 0.131 e. The minimum Gasteiger partial charge on any atom is -0.497 e. The van der Waals surface area contributed by atoms with Gasteiger partial charge in [-0.1, -0.05) is 25.8 Å². The highest BCUT2D eigenvalue weighted by Gasteiger charge is 2.43.